The molecule has 1 saturated heterocycles. The van der Waals surface area contributed by atoms with Gasteiger partial charge in [0.25, 0.3) is 11.7 Å². The van der Waals surface area contributed by atoms with Crippen LogP contribution in [0, 0.1) is 0 Å². The highest BCUT2D eigenvalue weighted by Crippen LogP contribution is 2.47. The van der Waals surface area contributed by atoms with E-state index in [1.54, 1.807) is 49.7 Å². The number of aromatic nitrogens is 1. The van der Waals surface area contributed by atoms with E-state index in [0.29, 0.717) is 11.3 Å². The van der Waals surface area contributed by atoms with Gasteiger partial charge in [0.15, 0.2) is 11.5 Å². The predicted molar refractivity (Wildman–Crippen MR) is 135 cm³/mol. The number of Topliss-reactive ketones (excluding diaryl/α,β-unsaturated/α-hetero) is 1. The largest absolute Gasteiger partial charge is 0.507 e. The van der Waals surface area contributed by atoms with Crippen molar-refractivity contribution >= 4 is 40.7 Å². The summed E-state index contributed by atoms with van der Waals surface area (Å²) in [4.78, 5) is 32.1. The Morgan fingerprint density at radius 3 is 2.31 bits per heavy atom. The molecular weight excluding hydrogens is 507 g/mol. The van der Waals surface area contributed by atoms with Gasteiger partial charge in [-0.05, 0) is 35.4 Å². The first-order chi connectivity index (χ1) is 17.3. The van der Waals surface area contributed by atoms with E-state index < -0.39 is 23.5 Å². The van der Waals surface area contributed by atoms with Crippen LogP contribution in [0.15, 0.2) is 60.4 Å². The molecule has 10 heteroatoms. The monoisotopic (exact) mass is 528 g/mol. The third-order valence-electron chi connectivity index (χ3n) is 5.85. The lowest BCUT2D eigenvalue weighted by Crippen LogP contribution is -2.29. The van der Waals surface area contributed by atoms with E-state index in [4.69, 9.17) is 37.4 Å². The van der Waals surface area contributed by atoms with Gasteiger partial charge in [-0.1, -0.05) is 41.4 Å². The molecule has 0 radical (unpaired) electrons. The van der Waals surface area contributed by atoms with Crippen LogP contribution in [0.5, 0.6) is 17.2 Å². The molecule has 4 rings (SSSR count). The van der Waals surface area contributed by atoms with Crippen molar-refractivity contribution in [3.8, 4) is 17.2 Å². The highest BCUT2D eigenvalue weighted by Gasteiger charge is 2.46. The second-order valence-corrected chi connectivity index (χ2v) is 8.63. The number of pyridine rings is 1. The molecular formula is C26H22Cl2N2O6. The second kappa shape index (κ2) is 10.5. The first-order valence-electron chi connectivity index (χ1n) is 10.7. The number of likely N-dealkylation sites (tertiary alicyclic amines) is 1. The summed E-state index contributed by atoms with van der Waals surface area (Å²) in [6.07, 6.45) is 3.11. The smallest absolute Gasteiger partial charge is 0.295 e. The molecule has 1 aromatic heterocycles. The third-order valence-corrected chi connectivity index (χ3v) is 6.47. The van der Waals surface area contributed by atoms with Gasteiger partial charge in [0.1, 0.15) is 16.5 Å². The maximum Gasteiger partial charge on any atom is 0.295 e. The molecule has 1 aliphatic heterocycles. The van der Waals surface area contributed by atoms with Crippen LogP contribution in [0.1, 0.15) is 22.7 Å². The third kappa shape index (κ3) is 4.45. The number of aliphatic hydroxyl groups is 1. The van der Waals surface area contributed by atoms with Gasteiger partial charge >= 0.3 is 0 Å². The molecule has 2 heterocycles. The van der Waals surface area contributed by atoms with E-state index in [1.807, 2.05) is 0 Å². The highest BCUT2D eigenvalue weighted by atomic mass is 35.5. The number of nitrogens with zero attached hydrogens (tertiary/aromatic N) is 2. The zero-order valence-corrected chi connectivity index (χ0v) is 21.1. The van der Waals surface area contributed by atoms with Crippen molar-refractivity contribution in [1.29, 1.82) is 0 Å². The second-order valence-electron chi connectivity index (χ2n) is 7.85. The first-order valence-corrected chi connectivity index (χ1v) is 11.5. The Balaban J connectivity index is 1.90. The molecule has 0 bridgehead atoms. The number of ether oxygens (including phenoxy) is 3. The number of amides is 1. The van der Waals surface area contributed by atoms with Crippen molar-refractivity contribution in [2.75, 3.05) is 21.3 Å². The van der Waals surface area contributed by atoms with Crippen molar-refractivity contribution in [2.24, 2.45) is 0 Å². The quantitative estimate of drug-likeness (QED) is 0.260. The Hall–Kier alpha value is -3.75. The van der Waals surface area contributed by atoms with Crippen molar-refractivity contribution in [1.82, 2.24) is 9.88 Å². The van der Waals surface area contributed by atoms with Gasteiger partial charge in [-0.3, -0.25) is 14.6 Å². The number of methoxy groups -OCH3 is 3. The van der Waals surface area contributed by atoms with Crippen molar-refractivity contribution in [2.45, 2.75) is 12.6 Å². The molecule has 8 nitrogen and oxygen atoms in total. The Morgan fingerprint density at radius 2 is 1.72 bits per heavy atom. The fourth-order valence-corrected chi connectivity index (χ4v) is 4.83. The summed E-state index contributed by atoms with van der Waals surface area (Å²) >= 11 is 12.7. The Kier molecular flexibility index (Phi) is 7.37. The zero-order chi connectivity index (χ0) is 26.0. The lowest BCUT2D eigenvalue weighted by atomic mass is 9.95. The Bertz CT molecular complexity index is 1340. The number of carbonyl (C=O) groups is 2. The van der Waals surface area contributed by atoms with Gasteiger partial charge in [-0.25, -0.2) is 0 Å². The number of hydrogen-bond acceptors (Lipinski definition) is 7. The van der Waals surface area contributed by atoms with Gasteiger partial charge in [0.2, 0.25) is 0 Å². The van der Waals surface area contributed by atoms with Crippen LogP contribution in [0.3, 0.4) is 0 Å². The number of rotatable bonds is 7. The molecule has 0 spiro atoms. The van der Waals surface area contributed by atoms with Crippen LogP contribution >= 0.6 is 23.2 Å². The highest BCUT2D eigenvalue weighted by molar-refractivity contribution is 6.47. The fourth-order valence-electron chi connectivity index (χ4n) is 4.15. The van der Waals surface area contributed by atoms with Gasteiger partial charge in [0.05, 0.1) is 43.5 Å². The van der Waals surface area contributed by atoms with E-state index >= 15 is 0 Å². The standard InChI is InChI=1S/C26H22Cl2N2O6/c1-34-16-8-6-14(7-9-16)13-30-21(15-5-4-10-29-12-15)19(23(32)26(30)33)22(31)17-11-18(27)25(36-3)20(28)24(17)35-2/h4-12,21,31H,13H2,1-3H3/b22-19+. The summed E-state index contributed by atoms with van der Waals surface area (Å²) in [7, 11) is 4.30. The van der Waals surface area contributed by atoms with Gasteiger partial charge in [0, 0.05) is 18.9 Å². The lowest BCUT2D eigenvalue weighted by Gasteiger charge is -2.25. The summed E-state index contributed by atoms with van der Waals surface area (Å²) in [5.41, 5.74) is 1.21. The SMILES string of the molecule is COc1ccc(CN2C(=O)C(=O)/C(=C(/O)c3cc(Cl)c(OC)c(Cl)c3OC)C2c2cccnc2)cc1. The molecule has 36 heavy (non-hydrogen) atoms. The van der Waals surface area contributed by atoms with Gasteiger partial charge < -0.3 is 24.2 Å². The molecule has 2 aromatic carbocycles. The average molecular weight is 529 g/mol. The zero-order valence-electron chi connectivity index (χ0n) is 19.6. The Morgan fingerprint density at radius 1 is 1.03 bits per heavy atom. The van der Waals surface area contributed by atoms with E-state index in [0.717, 1.165) is 5.56 Å². The molecule has 1 amide bonds. The average Bonchev–Trinajstić information content (AvgIpc) is 3.14. The minimum atomic E-state index is -0.926. The lowest BCUT2D eigenvalue weighted by molar-refractivity contribution is -0.140. The summed E-state index contributed by atoms with van der Waals surface area (Å²) in [5, 5.41) is 11.5. The van der Waals surface area contributed by atoms with E-state index in [2.05, 4.69) is 4.98 Å². The van der Waals surface area contributed by atoms with Crippen LogP contribution in [-0.4, -0.2) is 48.0 Å². The van der Waals surface area contributed by atoms with E-state index in [1.165, 1.54) is 31.4 Å². The molecule has 0 aliphatic carbocycles. The predicted octanol–water partition coefficient (Wildman–Crippen LogP) is 5.04. The van der Waals surface area contributed by atoms with Gasteiger partial charge in [-0.15, -0.1) is 0 Å². The summed E-state index contributed by atoms with van der Waals surface area (Å²) < 4.78 is 15.8. The summed E-state index contributed by atoms with van der Waals surface area (Å²) in [6.45, 7) is 0.103. The number of carbonyl (C=O) groups excluding carboxylic acids is 2. The van der Waals surface area contributed by atoms with E-state index in [9.17, 15) is 14.7 Å². The minimum absolute atomic E-state index is 0.0134. The first kappa shape index (κ1) is 25.3. The topological polar surface area (TPSA) is 98.2 Å². The molecule has 1 fully saturated rings. The molecule has 186 valence electrons. The normalized spacial score (nSPS) is 16.8. The van der Waals surface area contributed by atoms with Crippen LogP contribution in [0.4, 0.5) is 0 Å². The minimum Gasteiger partial charge on any atom is -0.507 e. The number of aliphatic hydroxyl groups excluding tert-OH is 1. The number of halogens is 2. The van der Waals surface area contributed by atoms with E-state index in [-0.39, 0.29) is 39.2 Å². The van der Waals surface area contributed by atoms with Crippen molar-refractivity contribution in [3.63, 3.8) is 0 Å². The van der Waals surface area contributed by atoms with Crippen molar-refractivity contribution in [3.05, 3.63) is 87.2 Å². The number of benzene rings is 2. The fraction of sp³-hybridized carbons (Fsp3) is 0.192. The van der Waals surface area contributed by atoms with Crippen LogP contribution in [0.25, 0.3) is 5.76 Å². The summed E-state index contributed by atoms with van der Waals surface area (Å²) in [5.74, 6) is -1.27. The molecule has 1 atom stereocenters. The number of hydrogen-bond donors (Lipinski definition) is 1. The Labute approximate surface area is 217 Å². The van der Waals surface area contributed by atoms with Crippen LogP contribution in [-0.2, 0) is 16.1 Å². The maximum atomic E-state index is 13.3. The molecule has 3 aromatic rings. The molecule has 1 N–H and O–H groups in total. The van der Waals surface area contributed by atoms with Crippen LogP contribution in [0.2, 0.25) is 10.0 Å². The molecule has 1 aliphatic rings. The maximum absolute atomic E-state index is 13.3. The van der Waals surface area contributed by atoms with Crippen LogP contribution < -0.4 is 14.2 Å². The summed E-state index contributed by atoms with van der Waals surface area (Å²) in [6, 6.07) is 11.0. The molecule has 1 unspecified atom stereocenters. The van der Waals surface area contributed by atoms with Crippen molar-refractivity contribution < 1.29 is 28.9 Å². The molecule has 0 saturated carbocycles. The number of ketones is 1. The van der Waals surface area contributed by atoms with Gasteiger partial charge in [-0.2, -0.15) is 0 Å².